The van der Waals surface area contributed by atoms with Crippen molar-refractivity contribution in [2.24, 2.45) is 0 Å². The molecule has 0 aliphatic carbocycles. The van der Waals surface area contributed by atoms with Gasteiger partial charge in [-0.1, -0.05) is 43.7 Å². The lowest BCUT2D eigenvalue weighted by molar-refractivity contribution is 0.102. The molecule has 0 aliphatic rings. The standard InChI is InChI=1S/C25H27BrN2O4S/c1-2-3-17-32-24-14-9-20(18-23(24)26)25(29)28-21-10-12-22(13-11-21)33(30,31)27-16-15-19-7-5-4-6-8-19/h4-14,18,27H,2-3,15-17H2,1H3,(H,28,29). The SMILES string of the molecule is CCCCOc1ccc(C(=O)Nc2ccc(S(=O)(=O)NCCc3ccccc3)cc2)cc1Br. The molecule has 0 fully saturated rings. The zero-order chi connectivity index (χ0) is 23.7. The Kier molecular flexibility index (Phi) is 9.05. The molecule has 3 rings (SSSR count). The Morgan fingerprint density at radius 3 is 2.39 bits per heavy atom. The minimum Gasteiger partial charge on any atom is -0.492 e. The molecule has 0 unspecified atom stereocenters. The molecule has 0 saturated heterocycles. The van der Waals surface area contributed by atoms with Crippen LogP contribution in [0.2, 0.25) is 0 Å². The maximum Gasteiger partial charge on any atom is 0.255 e. The van der Waals surface area contributed by atoms with Gasteiger partial charge in [0.15, 0.2) is 0 Å². The van der Waals surface area contributed by atoms with Crippen LogP contribution in [-0.4, -0.2) is 27.5 Å². The molecule has 0 radical (unpaired) electrons. The van der Waals surface area contributed by atoms with Crippen LogP contribution in [0, 0.1) is 0 Å². The molecule has 0 saturated carbocycles. The second kappa shape index (κ2) is 12.0. The smallest absolute Gasteiger partial charge is 0.255 e. The van der Waals surface area contributed by atoms with E-state index in [9.17, 15) is 13.2 Å². The first kappa shape index (κ1) is 25.0. The van der Waals surface area contributed by atoms with Gasteiger partial charge in [-0.2, -0.15) is 0 Å². The monoisotopic (exact) mass is 530 g/mol. The maximum absolute atomic E-state index is 12.6. The lowest BCUT2D eigenvalue weighted by Gasteiger charge is -2.11. The molecule has 0 spiro atoms. The number of ether oxygens (including phenoxy) is 1. The van der Waals surface area contributed by atoms with Crippen LogP contribution in [0.25, 0.3) is 0 Å². The Balaban J connectivity index is 1.57. The van der Waals surface area contributed by atoms with Gasteiger partial charge in [0.25, 0.3) is 5.91 Å². The lowest BCUT2D eigenvalue weighted by Crippen LogP contribution is -2.26. The predicted octanol–water partition coefficient (Wildman–Crippen LogP) is 5.40. The van der Waals surface area contributed by atoms with E-state index in [4.69, 9.17) is 4.74 Å². The van der Waals surface area contributed by atoms with Gasteiger partial charge in [-0.15, -0.1) is 0 Å². The number of rotatable bonds is 11. The lowest BCUT2D eigenvalue weighted by atomic mass is 10.2. The quantitative estimate of drug-likeness (QED) is 0.325. The summed E-state index contributed by atoms with van der Waals surface area (Å²) in [7, 11) is -3.63. The van der Waals surface area contributed by atoms with Crippen LogP contribution >= 0.6 is 15.9 Å². The summed E-state index contributed by atoms with van der Waals surface area (Å²) in [6, 6.07) is 20.9. The summed E-state index contributed by atoms with van der Waals surface area (Å²) in [4.78, 5) is 12.7. The third-order valence-corrected chi connectivity index (χ3v) is 7.02. The zero-order valence-corrected chi connectivity index (χ0v) is 20.8. The van der Waals surface area contributed by atoms with Gasteiger partial charge in [-0.05, 0) is 76.8 Å². The van der Waals surface area contributed by atoms with E-state index in [2.05, 4.69) is 32.9 Å². The van der Waals surface area contributed by atoms with Gasteiger partial charge in [0, 0.05) is 17.8 Å². The highest BCUT2D eigenvalue weighted by atomic mass is 79.9. The van der Waals surface area contributed by atoms with Gasteiger partial charge >= 0.3 is 0 Å². The number of benzene rings is 3. The van der Waals surface area contributed by atoms with Crippen LogP contribution in [0.4, 0.5) is 5.69 Å². The van der Waals surface area contributed by atoms with E-state index in [0.717, 1.165) is 18.4 Å². The topological polar surface area (TPSA) is 84.5 Å². The van der Waals surface area contributed by atoms with Gasteiger partial charge in [-0.25, -0.2) is 13.1 Å². The van der Waals surface area contributed by atoms with Crippen LogP contribution in [0.5, 0.6) is 5.75 Å². The van der Waals surface area contributed by atoms with Crippen molar-refractivity contribution in [1.82, 2.24) is 4.72 Å². The fourth-order valence-electron chi connectivity index (χ4n) is 3.06. The maximum atomic E-state index is 12.6. The Bertz CT molecular complexity index is 1170. The number of unbranched alkanes of at least 4 members (excludes halogenated alkanes) is 1. The number of anilines is 1. The summed E-state index contributed by atoms with van der Waals surface area (Å²) in [5.74, 6) is 0.390. The Morgan fingerprint density at radius 1 is 1.00 bits per heavy atom. The van der Waals surface area contributed by atoms with Crippen molar-refractivity contribution >= 4 is 37.5 Å². The van der Waals surface area contributed by atoms with Crippen molar-refractivity contribution in [3.05, 3.63) is 88.4 Å². The molecule has 2 N–H and O–H groups in total. The number of nitrogens with one attached hydrogen (secondary N) is 2. The highest BCUT2D eigenvalue weighted by Gasteiger charge is 2.14. The third-order valence-electron chi connectivity index (χ3n) is 4.92. The number of hydrogen-bond acceptors (Lipinski definition) is 4. The normalized spacial score (nSPS) is 11.2. The van der Waals surface area contributed by atoms with Crippen LogP contribution in [0.15, 0.2) is 82.2 Å². The van der Waals surface area contributed by atoms with E-state index in [1.54, 1.807) is 30.3 Å². The molecular formula is C25H27BrN2O4S. The van der Waals surface area contributed by atoms with Crippen molar-refractivity contribution in [3.8, 4) is 5.75 Å². The van der Waals surface area contributed by atoms with E-state index in [1.807, 2.05) is 30.3 Å². The number of halogens is 1. The van der Waals surface area contributed by atoms with Gasteiger partial charge in [0.1, 0.15) is 5.75 Å². The number of carbonyl (C=O) groups excluding carboxylic acids is 1. The van der Waals surface area contributed by atoms with E-state index in [0.29, 0.717) is 41.0 Å². The highest BCUT2D eigenvalue weighted by molar-refractivity contribution is 9.10. The molecule has 6 nitrogen and oxygen atoms in total. The Labute approximate surface area is 203 Å². The number of sulfonamides is 1. The molecule has 3 aromatic rings. The van der Waals surface area contributed by atoms with Crippen LogP contribution in [-0.2, 0) is 16.4 Å². The number of carbonyl (C=O) groups is 1. The molecule has 174 valence electrons. The predicted molar refractivity (Wildman–Crippen MR) is 134 cm³/mol. The average molecular weight is 531 g/mol. The fraction of sp³-hybridized carbons (Fsp3) is 0.240. The number of hydrogen-bond donors (Lipinski definition) is 2. The van der Waals surface area contributed by atoms with Crippen LogP contribution < -0.4 is 14.8 Å². The summed E-state index contributed by atoms with van der Waals surface area (Å²) in [5, 5.41) is 2.78. The van der Waals surface area contributed by atoms with Gasteiger partial charge in [0.2, 0.25) is 10.0 Å². The zero-order valence-electron chi connectivity index (χ0n) is 18.4. The summed E-state index contributed by atoms with van der Waals surface area (Å²) in [5.41, 5.74) is 2.03. The first-order valence-electron chi connectivity index (χ1n) is 10.8. The second-order valence-corrected chi connectivity index (χ2v) is 10.1. The van der Waals surface area contributed by atoms with Crippen molar-refractivity contribution < 1.29 is 17.9 Å². The minimum absolute atomic E-state index is 0.143. The largest absolute Gasteiger partial charge is 0.492 e. The summed E-state index contributed by atoms with van der Waals surface area (Å²) in [6.07, 6.45) is 2.61. The number of amides is 1. The second-order valence-electron chi connectivity index (χ2n) is 7.46. The van der Waals surface area contributed by atoms with E-state index < -0.39 is 10.0 Å². The van der Waals surface area contributed by atoms with Crippen molar-refractivity contribution in [2.75, 3.05) is 18.5 Å². The minimum atomic E-state index is -3.63. The first-order valence-corrected chi connectivity index (χ1v) is 13.0. The van der Waals surface area contributed by atoms with E-state index >= 15 is 0 Å². The fourth-order valence-corrected chi connectivity index (χ4v) is 4.59. The molecular weight excluding hydrogens is 504 g/mol. The van der Waals surface area contributed by atoms with Crippen molar-refractivity contribution in [3.63, 3.8) is 0 Å². The molecule has 1 amide bonds. The summed E-state index contributed by atoms with van der Waals surface area (Å²) >= 11 is 3.44. The molecule has 0 aliphatic heterocycles. The summed E-state index contributed by atoms with van der Waals surface area (Å²) in [6.45, 7) is 3.02. The third kappa shape index (κ3) is 7.42. The van der Waals surface area contributed by atoms with Crippen molar-refractivity contribution in [1.29, 1.82) is 0 Å². The summed E-state index contributed by atoms with van der Waals surface area (Å²) < 4.78 is 34.0. The van der Waals surface area contributed by atoms with Crippen LogP contribution in [0.1, 0.15) is 35.7 Å². The van der Waals surface area contributed by atoms with Gasteiger partial charge in [-0.3, -0.25) is 4.79 Å². The van der Waals surface area contributed by atoms with Crippen molar-refractivity contribution in [2.45, 2.75) is 31.1 Å². The van der Waals surface area contributed by atoms with E-state index in [-0.39, 0.29) is 10.8 Å². The molecule has 0 atom stereocenters. The Morgan fingerprint density at radius 2 is 1.73 bits per heavy atom. The molecule has 33 heavy (non-hydrogen) atoms. The molecule has 0 aromatic heterocycles. The van der Waals surface area contributed by atoms with Crippen LogP contribution in [0.3, 0.4) is 0 Å². The van der Waals surface area contributed by atoms with Gasteiger partial charge in [0.05, 0.1) is 16.0 Å². The molecule has 8 heteroatoms. The van der Waals surface area contributed by atoms with E-state index in [1.165, 1.54) is 12.1 Å². The first-order chi connectivity index (χ1) is 15.9. The van der Waals surface area contributed by atoms with Gasteiger partial charge < -0.3 is 10.1 Å². The Hall–Kier alpha value is -2.68. The average Bonchev–Trinajstić information content (AvgIpc) is 2.81. The highest BCUT2D eigenvalue weighted by Crippen LogP contribution is 2.27. The molecule has 0 heterocycles. The molecule has 3 aromatic carbocycles. The molecule has 0 bridgehead atoms.